The molecule has 3 nitrogen and oxygen atoms in total. The molecule has 4 aliphatic rings. The second-order valence-corrected chi connectivity index (χ2v) is 10.3. The number of aliphatic hydroxyl groups is 2. The molecule has 0 aromatic carbocycles. The number of hydrogen-bond donors (Lipinski definition) is 2. The SMILES string of the molecule is C[C@@H]1C(=O)/C(=C\O)C[C@]2(C)[C@H]3CC[C@@]4(C)[C@@H](CC[C@]4(C)O)[C@@H]3CC[C@@H]12. The van der Waals surface area contributed by atoms with Crippen LogP contribution in [0.15, 0.2) is 11.8 Å². The molecule has 0 spiro atoms. The van der Waals surface area contributed by atoms with Crippen LogP contribution in [0, 0.1) is 40.4 Å². The van der Waals surface area contributed by atoms with Crippen LogP contribution in [-0.4, -0.2) is 21.6 Å². The Morgan fingerprint density at radius 1 is 1.00 bits per heavy atom. The third-order valence-electron chi connectivity index (χ3n) is 9.57. The van der Waals surface area contributed by atoms with E-state index in [0.29, 0.717) is 29.2 Å². The van der Waals surface area contributed by atoms with Gasteiger partial charge in [-0.15, -0.1) is 0 Å². The van der Waals surface area contributed by atoms with Gasteiger partial charge in [-0.2, -0.15) is 0 Å². The number of Topliss-reactive ketones (excluding diaryl/α,β-unsaturated/α-hetero) is 1. The van der Waals surface area contributed by atoms with Gasteiger partial charge in [0.2, 0.25) is 0 Å². The largest absolute Gasteiger partial charge is 0.515 e. The average Bonchev–Trinajstić information content (AvgIpc) is 2.81. The highest BCUT2D eigenvalue weighted by atomic mass is 16.3. The maximum atomic E-state index is 12.6. The average molecular weight is 347 g/mol. The number of ketones is 1. The lowest BCUT2D eigenvalue weighted by atomic mass is 9.43. The van der Waals surface area contributed by atoms with Crippen LogP contribution < -0.4 is 0 Å². The molecule has 0 aliphatic heterocycles. The number of allylic oxidation sites excluding steroid dienone is 1. The Balaban J connectivity index is 1.70. The number of carbonyl (C=O) groups is 1. The first-order chi connectivity index (χ1) is 11.7. The Labute approximate surface area is 151 Å². The van der Waals surface area contributed by atoms with Crippen LogP contribution in [0.3, 0.4) is 0 Å². The van der Waals surface area contributed by atoms with Crippen LogP contribution in [0.5, 0.6) is 0 Å². The van der Waals surface area contributed by atoms with Gasteiger partial charge in [0, 0.05) is 11.5 Å². The lowest BCUT2D eigenvalue weighted by molar-refractivity contribution is -0.155. The van der Waals surface area contributed by atoms with E-state index in [2.05, 4.69) is 27.7 Å². The van der Waals surface area contributed by atoms with Gasteiger partial charge in [0.15, 0.2) is 5.78 Å². The first-order valence-electron chi connectivity index (χ1n) is 10.3. The van der Waals surface area contributed by atoms with Gasteiger partial charge < -0.3 is 10.2 Å². The summed E-state index contributed by atoms with van der Waals surface area (Å²) in [5, 5.41) is 20.6. The Hall–Kier alpha value is -0.830. The molecule has 2 N–H and O–H groups in total. The van der Waals surface area contributed by atoms with Gasteiger partial charge in [-0.3, -0.25) is 4.79 Å². The molecular weight excluding hydrogens is 312 g/mol. The fourth-order valence-electron chi connectivity index (χ4n) is 7.89. The summed E-state index contributed by atoms with van der Waals surface area (Å²) in [4.78, 5) is 12.6. The van der Waals surface area contributed by atoms with E-state index < -0.39 is 5.60 Å². The zero-order valence-corrected chi connectivity index (χ0v) is 16.2. The van der Waals surface area contributed by atoms with E-state index in [1.54, 1.807) is 0 Å². The van der Waals surface area contributed by atoms with E-state index in [1.807, 2.05) is 0 Å². The molecule has 25 heavy (non-hydrogen) atoms. The minimum absolute atomic E-state index is 0.0260. The molecule has 8 atom stereocenters. The van der Waals surface area contributed by atoms with Crippen LogP contribution in [-0.2, 0) is 4.79 Å². The summed E-state index contributed by atoms with van der Waals surface area (Å²) in [7, 11) is 0. The molecule has 0 radical (unpaired) electrons. The van der Waals surface area contributed by atoms with Crippen molar-refractivity contribution < 1.29 is 15.0 Å². The lowest BCUT2D eigenvalue weighted by Crippen LogP contribution is -2.57. The Morgan fingerprint density at radius 2 is 1.68 bits per heavy atom. The molecule has 0 bridgehead atoms. The summed E-state index contributed by atoms with van der Waals surface area (Å²) >= 11 is 0. The summed E-state index contributed by atoms with van der Waals surface area (Å²) in [5.41, 5.74) is 0.259. The molecule has 0 aromatic heterocycles. The molecule has 0 saturated heterocycles. The first-order valence-corrected chi connectivity index (χ1v) is 10.3. The van der Waals surface area contributed by atoms with Gasteiger partial charge in [0.1, 0.15) is 0 Å². The Morgan fingerprint density at radius 3 is 2.36 bits per heavy atom. The van der Waals surface area contributed by atoms with E-state index in [9.17, 15) is 15.0 Å². The molecule has 0 heterocycles. The second kappa shape index (κ2) is 5.34. The van der Waals surface area contributed by atoms with Crippen molar-refractivity contribution in [2.24, 2.45) is 40.4 Å². The number of hydrogen-bond acceptors (Lipinski definition) is 3. The van der Waals surface area contributed by atoms with Crippen LogP contribution in [0.1, 0.15) is 72.6 Å². The zero-order chi connectivity index (χ0) is 18.2. The molecule has 4 fully saturated rings. The molecule has 4 rings (SSSR count). The van der Waals surface area contributed by atoms with Gasteiger partial charge in [-0.1, -0.05) is 20.8 Å². The van der Waals surface area contributed by atoms with Gasteiger partial charge in [0.25, 0.3) is 0 Å². The van der Waals surface area contributed by atoms with Crippen molar-refractivity contribution in [1.82, 2.24) is 0 Å². The summed E-state index contributed by atoms with van der Waals surface area (Å²) in [6.45, 7) is 8.83. The first kappa shape index (κ1) is 17.6. The Kier molecular flexibility index (Phi) is 3.76. The van der Waals surface area contributed by atoms with E-state index >= 15 is 0 Å². The maximum Gasteiger partial charge on any atom is 0.165 e. The Bertz CT molecular complexity index is 621. The van der Waals surface area contributed by atoms with E-state index in [-0.39, 0.29) is 22.5 Å². The van der Waals surface area contributed by atoms with Crippen molar-refractivity contribution >= 4 is 5.78 Å². The van der Waals surface area contributed by atoms with Gasteiger partial charge in [-0.25, -0.2) is 0 Å². The third-order valence-corrected chi connectivity index (χ3v) is 9.57. The quantitative estimate of drug-likeness (QED) is 0.496. The standard InChI is InChI=1S/C22H34O3/c1-13-16-6-5-15-17(20(16,2)11-14(12-23)19(13)24)7-9-21(3)18(15)8-10-22(21,4)25/h12-13,15-18,23,25H,5-11H2,1-4H3/b14-12-/t13-,15+,16-,17-,18-,20-,21-,22-/m0/s1. The van der Waals surface area contributed by atoms with Crippen LogP contribution in [0.25, 0.3) is 0 Å². The monoisotopic (exact) mass is 346 g/mol. The molecule has 0 aromatic rings. The predicted octanol–water partition coefficient (Wildman–Crippen LogP) is 4.65. The minimum Gasteiger partial charge on any atom is -0.515 e. The van der Waals surface area contributed by atoms with Gasteiger partial charge >= 0.3 is 0 Å². The van der Waals surface area contributed by atoms with Crippen molar-refractivity contribution in [1.29, 1.82) is 0 Å². The number of aliphatic hydroxyl groups excluding tert-OH is 1. The zero-order valence-electron chi connectivity index (χ0n) is 16.2. The van der Waals surface area contributed by atoms with Crippen molar-refractivity contribution in [3.63, 3.8) is 0 Å². The highest BCUT2D eigenvalue weighted by molar-refractivity contribution is 5.98. The highest BCUT2D eigenvalue weighted by Gasteiger charge is 2.64. The summed E-state index contributed by atoms with van der Waals surface area (Å²) < 4.78 is 0. The van der Waals surface area contributed by atoms with Gasteiger partial charge in [0.05, 0.1) is 11.9 Å². The molecule has 140 valence electrons. The van der Waals surface area contributed by atoms with Crippen LogP contribution >= 0.6 is 0 Å². The number of carbonyl (C=O) groups excluding carboxylic acids is 1. The fraction of sp³-hybridized carbons (Fsp3) is 0.864. The van der Waals surface area contributed by atoms with E-state index in [1.165, 1.54) is 6.42 Å². The molecular formula is C22H34O3. The molecule has 4 saturated carbocycles. The van der Waals surface area contributed by atoms with Crippen LogP contribution in [0.2, 0.25) is 0 Å². The lowest BCUT2D eigenvalue weighted by Gasteiger charge is -2.62. The van der Waals surface area contributed by atoms with E-state index in [0.717, 1.165) is 44.8 Å². The smallest absolute Gasteiger partial charge is 0.165 e. The predicted molar refractivity (Wildman–Crippen MR) is 98.0 cm³/mol. The summed E-state index contributed by atoms with van der Waals surface area (Å²) in [5.74, 6) is 2.51. The minimum atomic E-state index is -0.535. The molecule has 0 unspecified atom stereocenters. The summed E-state index contributed by atoms with van der Waals surface area (Å²) in [6, 6.07) is 0. The maximum absolute atomic E-state index is 12.6. The normalized spacial score (nSPS) is 57.1. The highest BCUT2D eigenvalue weighted by Crippen LogP contribution is 2.68. The van der Waals surface area contributed by atoms with Crippen molar-refractivity contribution in [3.05, 3.63) is 11.8 Å². The summed E-state index contributed by atoms with van der Waals surface area (Å²) in [6.07, 6.45) is 8.45. The van der Waals surface area contributed by atoms with Gasteiger partial charge in [-0.05, 0) is 86.4 Å². The molecule has 4 aliphatic carbocycles. The molecule has 0 amide bonds. The van der Waals surface area contributed by atoms with E-state index in [4.69, 9.17) is 0 Å². The number of rotatable bonds is 0. The molecule has 3 heteroatoms. The van der Waals surface area contributed by atoms with Crippen LogP contribution in [0.4, 0.5) is 0 Å². The second-order valence-electron chi connectivity index (χ2n) is 10.3. The van der Waals surface area contributed by atoms with Crippen molar-refractivity contribution in [3.8, 4) is 0 Å². The topological polar surface area (TPSA) is 57.5 Å². The fourth-order valence-corrected chi connectivity index (χ4v) is 7.89. The van der Waals surface area contributed by atoms with Crippen molar-refractivity contribution in [2.45, 2.75) is 78.2 Å². The van der Waals surface area contributed by atoms with Crippen molar-refractivity contribution in [2.75, 3.05) is 0 Å². The third kappa shape index (κ3) is 2.11. The number of fused-ring (bicyclic) bond motifs is 5.